The van der Waals surface area contributed by atoms with E-state index in [2.05, 4.69) is 5.32 Å². The monoisotopic (exact) mass is 357 g/mol. The van der Waals surface area contributed by atoms with E-state index in [0.717, 1.165) is 21.7 Å². The Bertz CT molecular complexity index is 846. The molecule has 0 spiro atoms. The van der Waals surface area contributed by atoms with E-state index in [1.807, 2.05) is 48.7 Å². The van der Waals surface area contributed by atoms with Gasteiger partial charge >= 0.3 is 0 Å². The molecule has 5 heteroatoms. The van der Waals surface area contributed by atoms with E-state index in [1.54, 1.807) is 29.5 Å². The molecule has 1 N–H and O–H groups in total. The number of amides is 1. The molecule has 0 unspecified atom stereocenters. The molecule has 0 atom stereocenters. The van der Waals surface area contributed by atoms with Crippen molar-refractivity contribution in [2.75, 3.05) is 11.9 Å². The van der Waals surface area contributed by atoms with Crippen LogP contribution in [0.1, 0.15) is 5.56 Å². The van der Waals surface area contributed by atoms with E-state index in [0.29, 0.717) is 10.8 Å². The second-order valence-corrected chi connectivity index (χ2v) is 6.65. The summed E-state index contributed by atoms with van der Waals surface area (Å²) < 4.78 is 5.59. The second kappa shape index (κ2) is 7.51. The number of anilines is 1. The van der Waals surface area contributed by atoms with Gasteiger partial charge in [0.05, 0.1) is 0 Å². The van der Waals surface area contributed by atoms with E-state index in [1.165, 1.54) is 0 Å². The van der Waals surface area contributed by atoms with Crippen molar-refractivity contribution >= 4 is 34.5 Å². The van der Waals surface area contributed by atoms with Crippen molar-refractivity contribution in [3.63, 3.8) is 0 Å². The average molecular weight is 358 g/mol. The fraction of sp³-hybridized carbons (Fsp3) is 0.105. The molecule has 3 nitrogen and oxygen atoms in total. The quantitative estimate of drug-likeness (QED) is 0.664. The van der Waals surface area contributed by atoms with Crippen LogP contribution in [0.2, 0.25) is 5.02 Å². The van der Waals surface area contributed by atoms with Crippen LogP contribution in [-0.4, -0.2) is 12.5 Å². The zero-order valence-electron chi connectivity index (χ0n) is 13.1. The Morgan fingerprint density at radius 1 is 1.17 bits per heavy atom. The minimum absolute atomic E-state index is 0.0543. The van der Waals surface area contributed by atoms with Gasteiger partial charge in [-0.3, -0.25) is 4.79 Å². The molecule has 1 amide bonds. The molecule has 0 aliphatic rings. The first-order chi connectivity index (χ1) is 11.6. The van der Waals surface area contributed by atoms with Crippen molar-refractivity contribution in [1.29, 1.82) is 0 Å². The van der Waals surface area contributed by atoms with Gasteiger partial charge in [0.2, 0.25) is 0 Å². The van der Waals surface area contributed by atoms with Crippen LogP contribution in [0.3, 0.4) is 0 Å². The first kappa shape index (κ1) is 16.6. The number of benzene rings is 2. The molecule has 3 aromatic rings. The Morgan fingerprint density at radius 2 is 2.00 bits per heavy atom. The summed E-state index contributed by atoms with van der Waals surface area (Å²) in [6.45, 7) is 1.84. The van der Waals surface area contributed by atoms with Gasteiger partial charge < -0.3 is 10.1 Å². The van der Waals surface area contributed by atoms with Crippen LogP contribution in [0.4, 0.5) is 5.69 Å². The average Bonchev–Trinajstić information content (AvgIpc) is 3.09. The number of hydrogen-bond donors (Lipinski definition) is 1. The van der Waals surface area contributed by atoms with E-state index in [9.17, 15) is 4.79 Å². The molecule has 24 heavy (non-hydrogen) atoms. The van der Waals surface area contributed by atoms with Gasteiger partial charge in [-0.15, -0.1) is 11.3 Å². The number of carbonyl (C=O) groups is 1. The SMILES string of the molecule is Cc1cc(Cl)ccc1OCC(=O)Nc1ccccc1-c1cccs1. The number of aryl methyl sites for hydroxylation is 1. The Hall–Kier alpha value is -2.30. The van der Waals surface area contributed by atoms with Crippen molar-refractivity contribution in [2.24, 2.45) is 0 Å². The fourth-order valence-corrected chi connectivity index (χ4v) is 3.34. The van der Waals surface area contributed by atoms with E-state index < -0.39 is 0 Å². The third-order valence-electron chi connectivity index (χ3n) is 3.48. The summed E-state index contributed by atoms with van der Waals surface area (Å²) in [6, 6.07) is 17.1. The highest BCUT2D eigenvalue weighted by molar-refractivity contribution is 7.13. The predicted molar refractivity (Wildman–Crippen MR) is 100 cm³/mol. The van der Waals surface area contributed by atoms with Gasteiger partial charge in [-0.1, -0.05) is 35.9 Å². The molecule has 0 saturated heterocycles. The molecule has 0 fully saturated rings. The maximum atomic E-state index is 12.2. The summed E-state index contributed by atoms with van der Waals surface area (Å²) in [6.07, 6.45) is 0. The molecule has 3 rings (SSSR count). The Labute approximate surface area is 149 Å². The zero-order chi connectivity index (χ0) is 16.9. The molecule has 0 bridgehead atoms. The molecule has 0 saturated carbocycles. The van der Waals surface area contributed by atoms with Gasteiger partial charge in [0.15, 0.2) is 6.61 Å². The standard InChI is InChI=1S/C19H16ClNO2S/c1-13-11-14(20)8-9-17(13)23-12-19(22)21-16-6-3-2-5-15(16)18-7-4-10-24-18/h2-11H,12H2,1H3,(H,21,22). The maximum Gasteiger partial charge on any atom is 0.262 e. The number of carbonyl (C=O) groups excluding carboxylic acids is 1. The molecule has 1 heterocycles. The largest absolute Gasteiger partial charge is 0.483 e. The van der Waals surface area contributed by atoms with Crippen LogP contribution in [-0.2, 0) is 4.79 Å². The summed E-state index contributed by atoms with van der Waals surface area (Å²) in [5, 5.41) is 5.58. The maximum absolute atomic E-state index is 12.2. The van der Waals surface area contributed by atoms with Gasteiger partial charge in [0, 0.05) is 21.2 Å². The molecule has 0 aliphatic heterocycles. The number of rotatable bonds is 5. The molecule has 122 valence electrons. The highest BCUT2D eigenvalue weighted by Gasteiger charge is 2.10. The van der Waals surface area contributed by atoms with Crippen LogP contribution >= 0.6 is 22.9 Å². The van der Waals surface area contributed by atoms with Gasteiger partial charge in [0.25, 0.3) is 5.91 Å². The summed E-state index contributed by atoms with van der Waals surface area (Å²) in [5.41, 5.74) is 2.68. The smallest absolute Gasteiger partial charge is 0.262 e. The number of para-hydroxylation sites is 1. The Kier molecular flexibility index (Phi) is 5.18. The first-order valence-corrected chi connectivity index (χ1v) is 8.71. The summed E-state index contributed by atoms with van der Waals surface area (Å²) in [7, 11) is 0. The lowest BCUT2D eigenvalue weighted by Crippen LogP contribution is -2.20. The molecule has 2 aromatic carbocycles. The normalized spacial score (nSPS) is 10.4. The number of thiophene rings is 1. The van der Waals surface area contributed by atoms with Crippen LogP contribution in [0, 0.1) is 6.92 Å². The lowest BCUT2D eigenvalue weighted by Gasteiger charge is -2.12. The van der Waals surface area contributed by atoms with Gasteiger partial charge in [0.1, 0.15) is 5.75 Å². The van der Waals surface area contributed by atoms with Crippen molar-refractivity contribution in [3.8, 4) is 16.2 Å². The van der Waals surface area contributed by atoms with E-state index >= 15 is 0 Å². The van der Waals surface area contributed by atoms with Crippen LogP contribution in [0.5, 0.6) is 5.75 Å². The van der Waals surface area contributed by atoms with Crippen molar-refractivity contribution in [3.05, 3.63) is 70.6 Å². The molecular formula is C19H16ClNO2S. The minimum atomic E-state index is -0.201. The van der Waals surface area contributed by atoms with Gasteiger partial charge in [-0.05, 0) is 48.2 Å². The second-order valence-electron chi connectivity index (χ2n) is 5.27. The highest BCUT2D eigenvalue weighted by atomic mass is 35.5. The van der Waals surface area contributed by atoms with Crippen molar-refractivity contribution < 1.29 is 9.53 Å². The van der Waals surface area contributed by atoms with Crippen LogP contribution in [0.25, 0.3) is 10.4 Å². The third-order valence-corrected chi connectivity index (χ3v) is 4.62. The Balaban J connectivity index is 1.67. The summed E-state index contributed by atoms with van der Waals surface area (Å²) >= 11 is 7.56. The van der Waals surface area contributed by atoms with E-state index in [4.69, 9.17) is 16.3 Å². The summed E-state index contributed by atoms with van der Waals surface area (Å²) in [4.78, 5) is 13.3. The Morgan fingerprint density at radius 3 is 2.75 bits per heavy atom. The number of ether oxygens (including phenoxy) is 1. The number of halogens is 1. The molecule has 0 aliphatic carbocycles. The van der Waals surface area contributed by atoms with Crippen molar-refractivity contribution in [2.45, 2.75) is 6.92 Å². The lowest BCUT2D eigenvalue weighted by molar-refractivity contribution is -0.118. The molecule has 1 aromatic heterocycles. The fourth-order valence-electron chi connectivity index (χ4n) is 2.34. The van der Waals surface area contributed by atoms with Crippen LogP contribution in [0.15, 0.2) is 60.0 Å². The number of hydrogen-bond acceptors (Lipinski definition) is 3. The third kappa shape index (κ3) is 3.96. The number of nitrogens with one attached hydrogen (secondary N) is 1. The predicted octanol–water partition coefficient (Wildman–Crippen LogP) is 5.39. The lowest BCUT2D eigenvalue weighted by atomic mass is 10.1. The first-order valence-electron chi connectivity index (χ1n) is 7.45. The molecular weight excluding hydrogens is 342 g/mol. The van der Waals surface area contributed by atoms with Gasteiger partial charge in [-0.25, -0.2) is 0 Å². The zero-order valence-corrected chi connectivity index (χ0v) is 14.7. The van der Waals surface area contributed by atoms with E-state index in [-0.39, 0.29) is 12.5 Å². The highest BCUT2D eigenvalue weighted by Crippen LogP contribution is 2.31. The topological polar surface area (TPSA) is 38.3 Å². The van der Waals surface area contributed by atoms with Crippen molar-refractivity contribution in [1.82, 2.24) is 0 Å². The minimum Gasteiger partial charge on any atom is -0.483 e. The summed E-state index contributed by atoms with van der Waals surface area (Å²) in [5.74, 6) is 0.453. The van der Waals surface area contributed by atoms with Gasteiger partial charge in [-0.2, -0.15) is 0 Å². The van der Waals surface area contributed by atoms with Crippen LogP contribution < -0.4 is 10.1 Å². The molecule has 0 radical (unpaired) electrons.